The van der Waals surface area contributed by atoms with Gasteiger partial charge in [-0.1, -0.05) is 30.3 Å². The van der Waals surface area contributed by atoms with Gasteiger partial charge in [0.1, 0.15) is 0 Å². The molecule has 2 aliphatic rings. The van der Waals surface area contributed by atoms with Crippen molar-refractivity contribution >= 4 is 23.7 Å². The van der Waals surface area contributed by atoms with Gasteiger partial charge in [-0.3, -0.25) is 14.5 Å². The predicted molar refractivity (Wildman–Crippen MR) is 95.3 cm³/mol. The lowest BCUT2D eigenvalue weighted by atomic mass is 10.0. The summed E-state index contributed by atoms with van der Waals surface area (Å²) in [5.74, 6) is -1.45. The number of carbonyl (C=O) groups is 4. The van der Waals surface area contributed by atoms with Crippen LogP contribution < -0.4 is 5.32 Å². The Balaban J connectivity index is 1.53. The SMILES string of the molecule is C[C@H](OC(=O)c1ccc2c(c1)C(=O)c1ccccc1-2)C(=O)N1CCNC1=O. The van der Waals surface area contributed by atoms with Crippen LogP contribution in [-0.2, 0) is 9.53 Å². The van der Waals surface area contributed by atoms with Gasteiger partial charge >= 0.3 is 12.0 Å². The molecule has 1 aliphatic heterocycles. The predicted octanol–water partition coefficient (Wildman–Crippen LogP) is 2.00. The summed E-state index contributed by atoms with van der Waals surface area (Å²) in [5, 5.41) is 2.52. The molecule has 0 aromatic heterocycles. The first kappa shape index (κ1) is 17.0. The summed E-state index contributed by atoms with van der Waals surface area (Å²) in [5.41, 5.74) is 2.82. The quantitative estimate of drug-likeness (QED) is 0.718. The number of benzene rings is 2. The van der Waals surface area contributed by atoms with Crippen LogP contribution in [0.1, 0.15) is 33.2 Å². The third-order valence-corrected chi connectivity index (χ3v) is 4.72. The lowest BCUT2D eigenvalue weighted by Gasteiger charge is -2.18. The number of esters is 1. The molecule has 1 heterocycles. The zero-order valence-electron chi connectivity index (χ0n) is 14.5. The Bertz CT molecular complexity index is 998. The van der Waals surface area contributed by atoms with Gasteiger partial charge in [-0.15, -0.1) is 0 Å². The van der Waals surface area contributed by atoms with Gasteiger partial charge in [-0.2, -0.15) is 0 Å². The van der Waals surface area contributed by atoms with Crippen molar-refractivity contribution in [3.05, 3.63) is 59.2 Å². The van der Waals surface area contributed by atoms with Crippen LogP contribution in [0.3, 0.4) is 0 Å². The maximum Gasteiger partial charge on any atom is 0.338 e. The first-order chi connectivity index (χ1) is 13.0. The maximum atomic E-state index is 12.5. The standard InChI is InChI=1S/C20H16N2O5/c1-11(18(24)22-9-8-21-20(22)26)27-19(25)12-6-7-14-13-4-2-3-5-15(13)17(23)16(14)10-12/h2-7,10-11H,8-9H2,1H3,(H,21,26)/t11-/m0/s1. The monoisotopic (exact) mass is 364 g/mol. The molecule has 1 saturated heterocycles. The fraction of sp³-hybridized carbons (Fsp3) is 0.200. The van der Waals surface area contributed by atoms with Gasteiger partial charge in [0.2, 0.25) is 0 Å². The Labute approximate surface area is 154 Å². The average Bonchev–Trinajstić information content (AvgIpc) is 3.23. The van der Waals surface area contributed by atoms with E-state index >= 15 is 0 Å². The molecule has 1 N–H and O–H groups in total. The second-order valence-electron chi connectivity index (χ2n) is 6.40. The normalized spacial score (nSPS) is 15.8. The van der Waals surface area contributed by atoms with Gasteiger partial charge in [0, 0.05) is 24.2 Å². The minimum absolute atomic E-state index is 0.145. The molecule has 7 heteroatoms. The van der Waals surface area contributed by atoms with Crippen LogP contribution in [0.4, 0.5) is 4.79 Å². The molecule has 0 bridgehead atoms. The Morgan fingerprint density at radius 1 is 1.04 bits per heavy atom. The number of carbonyl (C=O) groups excluding carboxylic acids is 4. The van der Waals surface area contributed by atoms with E-state index in [2.05, 4.69) is 5.32 Å². The zero-order chi connectivity index (χ0) is 19.1. The Hall–Kier alpha value is -3.48. The van der Waals surface area contributed by atoms with Crippen LogP contribution in [0.25, 0.3) is 11.1 Å². The van der Waals surface area contributed by atoms with Crippen molar-refractivity contribution < 1.29 is 23.9 Å². The van der Waals surface area contributed by atoms with Crippen LogP contribution in [-0.4, -0.2) is 47.8 Å². The summed E-state index contributed by atoms with van der Waals surface area (Å²) < 4.78 is 5.21. The molecular weight excluding hydrogens is 348 g/mol. The van der Waals surface area contributed by atoms with Crippen LogP contribution in [0, 0.1) is 0 Å². The molecule has 2 aromatic rings. The summed E-state index contributed by atoms with van der Waals surface area (Å²) >= 11 is 0. The van der Waals surface area contributed by atoms with Crippen LogP contribution in [0.15, 0.2) is 42.5 Å². The molecule has 27 heavy (non-hydrogen) atoms. The van der Waals surface area contributed by atoms with Gasteiger partial charge in [-0.05, 0) is 30.2 Å². The van der Waals surface area contributed by atoms with E-state index in [1.165, 1.54) is 13.0 Å². The number of ether oxygens (including phenoxy) is 1. The number of urea groups is 1. The van der Waals surface area contributed by atoms with Crippen molar-refractivity contribution in [2.75, 3.05) is 13.1 Å². The van der Waals surface area contributed by atoms with Crippen molar-refractivity contribution in [1.29, 1.82) is 0 Å². The number of rotatable bonds is 3. The molecular formula is C20H16N2O5. The summed E-state index contributed by atoms with van der Waals surface area (Å²) in [4.78, 5) is 49.8. The topological polar surface area (TPSA) is 92.8 Å². The number of fused-ring (bicyclic) bond motifs is 3. The fourth-order valence-corrected chi connectivity index (χ4v) is 3.34. The van der Waals surface area contributed by atoms with Gasteiger partial charge in [0.25, 0.3) is 5.91 Å². The number of nitrogens with one attached hydrogen (secondary N) is 1. The Kier molecular flexibility index (Phi) is 3.99. The average molecular weight is 364 g/mol. The van der Waals surface area contributed by atoms with Crippen molar-refractivity contribution in [2.45, 2.75) is 13.0 Å². The zero-order valence-corrected chi connectivity index (χ0v) is 14.5. The summed E-state index contributed by atoms with van der Waals surface area (Å²) in [6, 6.07) is 11.5. The first-order valence-electron chi connectivity index (χ1n) is 8.55. The first-order valence-corrected chi connectivity index (χ1v) is 8.55. The molecule has 0 saturated carbocycles. The number of nitrogens with zero attached hydrogens (tertiary/aromatic N) is 1. The highest BCUT2D eigenvalue weighted by molar-refractivity contribution is 6.22. The molecule has 1 atom stereocenters. The molecule has 0 unspecified atom stereocenters. The Morgan fingerprint density at radius 2 is 1.74 bits per heavy atom. The molecule has 136 valence electrons. The van der Waals surface area contributed by atoms with E-state index in [4.69, 9.17) is 4.74 Å². The smallest absolute Gasteiger partial charge is 0.338 e. The third kappa shape index (κ3) is 2.77. The summed E-state index contributed by atoms with van der Waals surface area (Å²) in [7, 11) is 0. The molecule has 1 aliphatic carbocycles. The highest BCUT2D eigenvalue weighted by atomic mass is 16.5. The number of hydrogen-bond donors (Lipinski definition) is 1. The number of ketones is 1. The van der Waals surface area contributed by atoms with E-state index in [-0.39, 0.29) is 17.9 Å². The fourth-order valence-electron chi connectivity index (χ4n) is 3.34. The number of hydrogen-bond acceptors (Lipinski definition) is 5. The third-order valence-electron chi connectivity index (χ3n) is 4.72. The summed E-state index contributed by atoms with van der Waals surface area (Å²) in [6.45, 7) is 2.03. The van der Waals surface area contributed by atoms with Crippen LogP contribution in [0.2, 0.25) is 0 Å². The molecule has 0 radical (unpaired) electrons. The van der Waals surface area contributed by atoms with Crippen molar-refractivity contribution in [1.82, 2.24) is 10.2 Å². The van der Waals surface area contributed by atoms with Crippen LogP contribution in [0.5, 0.6) is 0 Å². The van der Waals surface area contributed by atoms with E-state index in [1.54, 1.807) is 24.3 Å². The lowest BCUT2D eigenvalue weighted by molar-refractivity contribution is -0.136. The molecule has 7 nitrogen and oxygen atoms in total. The number of amides is 3. The van der Waals surface area contributed by atoms with E-state index < -0.39 is 24.0 Å². The Morgan fingerprint density at radius 3 is 2.44 bits per heavy atom. The largest absolute Gasteiger partial charge is 0.449 e. The van der Waals surface area contributed by atoms with E-state index in [0.29, 0.717) is 17.7 Å². The second kappa shape index (κ2) is 6.35. The molecule has 4 rings (SSSR count). The van der Waals surface area contributed by atoms with Gasteiger partial charge < -0.3 is 10.1 Å². The highest BCUT2D eigenvalue weighted by Gasteiger charge is 2.32. The van der Waals surface area contributed by atoms with Gasteiger partial charge in [0.05, 0.1) is 5.56 Å². The minimum Gasteiger partial charge on any atom is -0.449 e. The van der Waals surface area contributed by atoms with E-state index in [0.717, 1.165) is 16.0 Å². The van der Waals surface area contributed by atoms with Gasteiger partial charge in [0.15, 0.2) is 11.9 Å². The minimum atomic E-state index is -1.11. The van der Waals surface area contributed by atoms with Crippen LogP contribution >= 0.6 is 0 Å². The summed E-state index contributed by atoms with van der Waals surface area (Å²) in [6.07, 6.45) is -1.11. The van der Waals surface area contributed by atoms with Crippen molar-refractivity contribution in [3.63, 3.8) is 0 Å². The molecule has 2 aromatic carbocycles. The van der Waals surface area contributed by atoms with E-state index in [9.17, 15) is 19.2 Å². The van der Waals surface area contributed by atoms with Crippen molar-refractivity contribution in [3.8, 4) is 11.1 Å². The number of imide groups is 1. The maximum absolute atomic E-state index is 12.5. The second-order valence-corrected chi connectivity index (χ2v) is 6.40. The van der Waals surface area contributed by atoms with Crippen molar-refractivity contribution in [2.24, 2.45) is 0 Å². The lowest BCUT2D eigenvalue weighted by Crippen LogP contribution is -2.41. The molecule has 3 amide bonds. The molecule has 0 spiro atoms. The van der Waals surface area contributed by atoms with Gasteiger partial charge in [-0.25, -0.2) is 9.59 Å². The highest BCUT2D eigenvalue weighted by Crippen LogP contribution is 2.36. The molecule has 1 fully saturated rings. The van der Waals surface area contributed by atoms with E-state index in [1.807, 2.05) is 12.1 Å².